The summed E-state index contributed by atoms with van der Waals surface area (Å²) in [6.07, 6.45) is -46.1. The maximum Gasteiger partial charge on any atom is 0.314 e. The van der Waals surface area contributed by atoms with E-state index >= 15 is 4.79 Å². The van der Waals surface area contributed by atoms with Gasteiger partial charge in [-0.3, -0.25) is 4.79 Å². The van der Waals surface area contributed by atoms with E-state index in [0.29, 0.717) is 57.8 Å². The zero-order chi connectivity index (χ0) is 63.1. The summed E-state index contributed by atoms with van der Waals surface area (Å²) in [5, 5.41) is 204. The molecule has 87 heavy (non-hydrogen) atoms. The van der Waals surface area contributed by atoms with Gasteiger partial charge in [0.2, 0.25) is 6.29 Å². The second-order valence-electron chi connectivity index (χ2n) is 26.5. The molecule has 35 atom stereocenters. The maximum atomic E-state index is 15.3. The van der Waals surface area contributed by atoms with Crippen LogP contribution in [0.5, 0.6) is 0 Å². The van der Waals surface area contributed by atoms with Gasteiger partial charge in [-0.05, 0) is 92.8 Å². The Morgan fingerprint density at radius 3 is 1.43 bits per heavy atom. The molecule has 19 N–H and O–H groups in total. The third-order valence-electron chi connectivity index (χ3n) is 21.5. The van der Waals surface area contributed by atoms with Crippen molar-refractivity contribution in [2.75, 3.05) is 39.6 Å². The molecule has 35 unspecified atom stereocenters. The number of fused-ring (bicyclic) bond motifs is 3. The first kappa shape index (κ1) is 67.9. The van der Waals surface area contributed by atoms with Crippen molar-refractivity contribution in [1.29, 1.82) is 0 Å². The lowest BCUT2D eigenvalue weighted by Gasteiger charge is -2.64. The van der Waals surface area contributed by atoms with Crippen molar-refractivity contribution in [3.05, 3.63) is 12.2 Å². The summed E-state index contributed by atoms with van der Waals surface area (Å²) in [7, 11) is 0. The number of rotatable bonds is 17. The Labute approximate surface area is 500 Å². The molecule has 6 heterocycles. The fraction of sp³-hybridized carbons (Fsp3) is 0.946. The molecule has 0 aromatic heterocycles. The Morgan fingerprint density at radius 1 is 0.471 bits per heavy atom. The topological polar surface area (TPSA) is 503 Å². The highest BCUT2D eigenvalue weighted by molar-refractivity contribution is 5.77. The van der Waals surface area contributed by atoms with E-state index in [0.717, 1.165) is 5.57 Å². The number of aliphatic hydroxyl groups is 19. The van der Waals surface area contributed by atoms with Crippen LogP contribution in [0, 0.1) is 33.5 Å². The van der Waals surface area contributed by atoms with Crippen LogP contribution in [0.15, 0.2) is 12.2 Å². The predicted octanol–water partition coefficient (Wildman–Crippen LogP) is -8.16. The van der Waals surface area contributed by atoms with Gasteiger partial charge in [0, 0.05) is 0 Å². The summed E-state index contributed by atoms with van der Waals surface area (Å²) in [4.78, 5) is 15.3. The molecule has 0 aromatic rings. The predicted molar refractivity (Wildman–Crippen MR) is 282 cm³/mol. The quantitative estimate of drug-likeness (QED) is 0.0475. The Hall–Kier alpha value is -1.95. The normalized spacial score (nSPS) is 54.6. The van der Waals surface area contributed by atoms with Crippen LogP contribution in [-0.2, 0) is 56.9 Å². The first-order chi connectivity index (χ1) is 41.2. The fourth-order valence-electron chi connectivity index (χ4n) is 16.8. The highest BCUT2D eigenvalue weighted by Crippen LogP contribution is 2.76. The lowest BCUT2D eigenvalue weighted by molar-refractivity contribution is -0.383. The molecule has 31 heteroatoms. The van der Waals surface area contributed by atoms with E-state index in [-0.39, 0.29) is 18.3 Å². The molecule has 31 nitrogen and oxygen atoms in total. The molecule has 0 radical (unpaired) electrons. The van der Waals surface area contributed by atoms with Gasteiger partial charge in [0.25, 0.3) is 0 Å². The van der Waals surface area contributed by atoms with Gasteiger partial charge in [-0.25, -0.2) is 0 Å². The molecule has 0 amide bonds. The van der Waals surface area contributed by atoms with Crippen LogP contribution < -0.4 is 0 Å². The van der Waals surface area contributed by atoms with Crippen molar-refractivity contribution in [1.82, 2.24) is 0 Å². The summed E-state index contributed by atoms with van der Waals surface area (Å²) < 4.78 is 66.3. The molecule has 6 saturated heterocycles. The van der Waals surface area contributed by atoms with Crippen molar-refractivity contribution in [2.24, 2.45) is 33.5 Å². The van der Waals surface area contributed by atoms with E-state index in [9.17, 15) is 97.0 Å². The van der Waals surface area contributed by atoms with Gasteiger partial charge < -0.3 is 149 Å². The largest absolute Gasteiger partial charge is 0.432 e. The van der Waals surface area contributed by atoms with Crippen molar-refractivity contribution in [3.63, 3.8) is 0 Å². The van der Waals surface area contributed by atoms with E-state index in [1.165, 1.54) is 0 Å². The zero-order valence-corrected chi connectivity index (χ0v) is 48.3. The summed E-state index contributed by atoms with van der Waals surface area (Å²) >= 11 is 0. The molecular weight excluding hydrogens is 1170 g/mol. The third kappa shape index (κ3) is 12.0. The van der Waals surface area contributed by atoms with Crippen LogP contribution in [0.2, 0.25) is 0 Å². The fourth-order valence-corrected chi connectivity index (χ4v) is 16.8. The minimum atomic E-state index is -2.01. The lowest BCUT2D eigenvalue weighted by atomic mass is 9.40. The average Bonchev–Trinajstić information content (AvgIpc) is 1.71. The number of ether oxygens (including phenoxy) is 11. The number of esters is 1. The van der Waals surface area contributed by atoms with Gasteiger partial charge in [-0.15, -0.1) is 0 Å². The molecule has 2 bridgehead atoms. The highest BCUT2D eigenvalue weighted by atomic mass is 16.8. The monoisotopic (exact) mass is 1260 g/mol. The molecule has 6 aliphatic heterocycles. The van der Waals surface area contributed by atoms with Gasteiger partial charge in [0.1, 0.15) is 134 Å². The second kappa shape index (κ2) is 26.4. The summed E-state index contributed by atoms with van der Waals surface area (Å²) in [5.41, 5.74) is -2.18. The minimum Gasteiger partial charge on any atom is -0.432 e. The van der Waals surface area contributed by atoms with Crippen LogP contribution in [0.25, 0.3) is 0 Å². The minimum absolute atomic E-state index is 0.0507. The van der Waals surface area contributed by atoms with Gasteiger partial charge in [-0.1, -0.05) is 25.5 Å². The molecule has 10 aliphatic rings. The van der Waals surface area contributed by atoms with Gasteiger partial charge in [-0.2, -0.15) is 0 Å². The van der Waals surface area contributed by atoms with E-state index in [2.05, 4.69) is 13.5 Å². The number of hydrogen-bond acceptors (Lipinski definition) is 31. The summed E-state index contributed by atoms with van der Waals surface area (Å²) in [6.45, 7) is 3.84. The van der Waals surface area contributed by atoms with Crippen LogP contribution in [0.4, 0.5) is 0 Å². The van der Waals surface area contributed by atoms with E-state index in [4.69, 9.17) is 52.1 Å². The van der Waals surface area contributed by atoms with E-state index in [1.54, 1.807) is 6.92 Å². The van der Waals surface area contributed by atoms with Crippen LogP contribution in [-0.4, -0.2) is 321 Å². The molecule has 500 valence electrons. The highest BCUT2D eigenvalue weighted by Gasteiger charge is 2.69. The molecule has 4 aliphatic carbocycles. The van der Waals surface area contributed by atoms with Gasteiger partial charge in [0.05, 0.1) is 51.2 Å². The first-order valence-corrected chi connectivity index (χ1v) is 30.1. The Kier molecular flexibility index (Phi) is 20.6. The molecule has 4 saturated carbocycles. The van der Waals surface area contributed by atoms with Crippen molar-refractivity contribution in [2.45, 2.75) is 256 Å². The number of carbonyl (C=O) groups is 1. The van der Waals surface area contributed by atoms with Crippen molar-refractivity contribution < 1.29 is 154 Å². The van der Waals surface area contributed by atoms with Crippen LogP contribution in [0.3, 0.4) is 0 Å². The van der Waals surface area contributed by atoms with Crippen LogP contribution in [0.1, 0.15) is 78.1 Å². The molecule has 1 spiro atoms. The summed E-state index contributed by atoms with van der Waals surface area (Å²) in [5.74, 6) is -1.20. The molecule has 10 fully saturated rings. The smallest absolute Gasteiger partial charge is 0.314 e. The second-order valence-corrected chi connectivity index (χ2v) is 26.5. The van der Waals surface area contributed by atoms with Crippen LogP contribution >= 0.6 is 0 Å². The van der Waals surface area contributed by atoms with Gasteiger partial charge in [0.15, 0.2) is 31.3 Å². The molecule has 0 aromatic carbocycles. The number of hydrogen-bond donors (Lipinski definition) is 19. The van der Waals surface area contributed by atoms with E-state index in [1.807, 2.05) is 0 Å². The number of allylic oxidation sites excluding steroid dienone is 1. The van der Waals surface area contributed by atoms with Crippen molar-refractivity contribution >= 4 is 5.97 Å². The number of carbonyl (C=O) groups excluding carboxylic acids is 1. The molecule has 10 rings (SSSR count). The Balaban J connectivity index is 0.915. The Morgan fingerprint density at radius 2 is 0.908 bits per heavy atom. The average molecular weight is 1260 g/mol. The first-order valence-electron chi connectivity index (χ1n) is 30.1. The van der Waals surface area contributed by atoms with E-state index < -0.39 is 245 Å². The summed E-state index contributed by atoms with van der Waals surface area (Å²) in [6, 6.07) is 0. The number of aliphatic hydroxyl groups excluding tert-OH is 19. The lowest BCUT2D eigenvalue weighted by Crippen LogP contribution is -2.67. The maximum absolute atomic E-state index is 15.3. The SMILES string of the molecule is C=C1CC23CCC4C(C)(C(=O)OC5OC(CO)C(O)C(OC6OC(CO)C(O)C(O)C6O)C5OC5OCC(O)C(O)C5O)CCCC4(C)C2CCC1(CC1OC(CO)C(O)C(OC2OC(CO)C(O)C(O)C2O)C1OC1OC(CO)C(O)C(O)C1O)C3. The standard InChI is InChI=1S/C56H90O31/c1-20-11-56-10-5-28-53(2,7-4-8-54(28,3)52(76)87-51-46(86-47-39(72)30(63)21(62)18-77-47)45(35(68)27(17-61)82-51)85-50-42(75)38(71)33(66)25(15-59)81-50)29(56)6-9-55(20,19-56)12-22-43(83-48-40(73)36(69)31(64)23(13-57)79-48)44(34(67)26(16-60)78-22)84-49-41(74)37(70)32(65)24(14-58)80-49/h21-51,57-75H,1,4-19H2,2-3H3. The van der Waals surface area contributed by atoms with Crippen molar-refractivity contribution in [3.8, 4) is 0 Å². The zero-order valence-electron chi connectivity index (χ0n) is 48.3. The Bertz CT molecular complexity index is 2340. The third-order valence-corrected chi connectivity index (χ3v) is 21.5. The molecular formula is C56H90O31. The van der Waals surface area contributed by atoms with Gasteiger partial charge >= 0.3 is 5.97 Å².